The molecule has 2 aliphatic rings. The number of hydrogen-bond donors (Lipinski definition) is 2. The molecule has 4 rings (SSSR count). The van der Waals surface area contributed by atoms with Gasteiger partial charge in [-0.05, 0) is 42.5 Å². The smallest absolute Gasteiger partial charge is 0.333 e. The molecule has 0 radical (unpaired) electrons. The molecule has 1 atom stereocenters. The first-order valence-corrected chi connectivity index (χ1v) is 9.20. The first kappa shape index (κ1) is 17.3. The average molecular weight is 363 g/mol. The second-order valence-corrected chi connectivity index (χ2v) is 7.07. The van der Waals surface area contributed by atoms with Crippen LogP contribution in [0.25, 0.3) is 0 Å². The number of nitrogens with zero attached hydrogens (tertiary/aromatic N) is 1. The number of nitrogens with two attached hydrogens (primary N) is 1. The first-order valence-electron chi connectivity index (χ1n) is 9.20. The Morgan fingerprint density at radius 1 is 1.00 bits per heavy atom. The van der Waals surface area contributed by atoms with Crippen LogP contribution in [0, 0.1) is 0 Å². The van der Waals surface area contributed by atoms with Crippen LogP contribution < -0.4 is 16.0 Å². The van der Waals surface area contributed by atoms with Crippen LogP contribution in [-0.2, 0) is 9.59 Å². The van der Waals surface area contributed by atoms with E-state index in [0.717, 1.165) is 36.1 Å². The molecule has 6 heteroatoms. The van der Waals surface area contributed by atoms with Crippen LogP contribution in [-0.4, -0.2) is 17.8 Å². The van der Waals surface area contributed by atoms with Crippen LogP contribution in [0.1, 0.15) is 48.6 Å². The van der Waals surface area contributed by atoms with Gasteiger partial charge >= 0.3 is 6.03 Å². The van der Waals surface area contributed by atoms with Gasteiger partial charge in [0.15, 0.2) is 0 Å². The molecule has 3 N–H and O–H groups in total. The van der Waals surface area contributed by atoms with E-state index in [1.165, 1.54) is 0 Å². The summed E-state index contributed by atoms with van der Waals surface area (Å²) in [6, 6.07) is 13.8. The summed E-state index contributed by atoms with van der Waals surface area (Å²) in [4.78, 5) is 39.0. The zero-order valence-corrected chi connectivity index (χ0v) is 14.9. The molecule has 1 unspecified atom stereocenters. The van der Waals surface area contributed by atoms with Crippen molar-refractivity contribution < 1.29 is 14.4 Å². The van der Waals surface area contributed by atoms with Crippen LogP contribution in [0.3, 0.4) is 0 Å². The minimum absolute atomic E-state index is 0.298. The Balaban J connectivity index is 1.75. The lowest BCUT2D eigenvalue weighted by Gasteiger charge is -2.18. The highest BCUT2D eigenvalue weighted by molar-refractivity contribution is 6.29. The van der Waals surface area contributed by atoms with Crippen LogP contribution in [0.4, 0.5) is 16.2 Å². The summed E-state index contributed by atoms with van der Waals surface area (Å²) in [5.41, 5.74) is 8.17. The number of hydrogen-bond acceptors (Lipinski definition) is 3. The van der Waals surface area contributed by atoms with Crippen LogP contribution in [0.2, 0.25) is 0 Å². The monoisotopic (exact) mass is 363 g/mol. The van der Waals surface area contributed by atoms with Crippen molar-refractivity contribution >= 4 is 29.2 Å². The third-order valence-corrected chi connectivity index (χ3v) is 5.42. The molecular weight excluding hydrogens is 342 g/mol. The number of anilines is 2. The minimum atomic E-state index is -1.11. The highest BCUT2D eigenvalue weighted by atomic mass is 16.2. The molecule has 6 nitrogen and oxygen atoms in total. The van der Waals surface area contributed by atoms with Gasteiger partial charge in [-0.15, -0.1) is 0 Å². The first-order chi connectivity index (χ1) is 13.1. The van der Waals surface area contributed by atoms with Gasteiger partial charge in [-0.2, -0.15) is 0 Å². The molecule has 0 saturated heterocycles. The normalized spacial score (nSPS) is 19.2. The number of para-hydroxylation sites is 1. The van der Waals surface area contributed by atoms with Gasteiger partial charge in [-0.3, -0.25) is 9.59 Å². The van der Waals surface area contributed by atoms with E-state index in [0.29, 0.717) is 22.9 Å². The van der Waals surface area contributed by atoms with E-state index in [2.05, 4.69) is 5.32 Å². The van der Waals surface area contributed by atoms with Gasteiger partial charge < -0.3 is 11.1 Å². The third kappa shape index (κ3) is 2.97. The van der Waals surface area contributed by atoms with Crippen LogP contribution in [0.15, 0.2) is 48.5 Å². The summed E-state index contributed by atoms with van der Waals surface area (Å²) in [5, 5.41) is 2.72. The zero-order valence-electron chi connectivity index (χ0n) is 14.9. The zero-order chi connectivity index (χ0) is 19.0. The van der Waals surface area contributed by atoms with E-state index in [9.17, 15) is 14.4 Å². The predicted molar refractivity (Wildman–Crippen MR) is 103 cm³/mol. The van der Waals surface area contributed by atoms with Gasteiger partial charge in [0.2, 0.25) is 5.91 Å². The second kappa shape index (κ2) is 6.87. The summed E-state index contributed by atoms with van der Waals surface area (Å²) in [5.74, 6) is -2.12. The molecule has 27 heavy (non-hydrogen) atoms. The Hall–Kier alpha value is -3.15. The Morgan fingerprint density at radius 2 is 1.70 bits per heavy atom. The van der Waals surface area contributed by atoms with Crippen molar-refractivity contribution in [1.82, 2.24) is 0 Å². The quantitative estimate of drug-likeness (QED) is 0.818. The molecule has 2 aromatic rings. The molecule has 138 valence electrons. The summed E-state index contributed by atoms with van der Waals surface area (Å²) in [6.07, 6.45) is 4.29. The summed E-state index contributed by atoms with van der Waals surface area (Å²) < 4.78 is 0. The Morgan fingerprint density at radius 3 is 2.37 bits per heavy atom. The minimum Gasteiger partial charge on any atom is -0.369 e. The Labute approximate surface area is 157 Å². The number of carbonyl (C=O) groups is 3. The van der Waals surface area contributed by atoms with Crippen molar-refractivity contribution in [2.24, 2.45) is 5.73 Å². The molecule has 4 amide bonds. The molecule has 0 aromatic heterocycles. The molecule has 1 aliphatic carbocycles. The molecule has 1 fully saturated rings. The van der Waals surface area contributed by atoms with E-state index in [1.54, 1.807) is 30.3 Å². The fraction of sp³-hybridized carbons (Fsp3) is 0.286. The van der Waals surface area contributed by atoms with Crippen LogP contribution >= 0.6 is 0 Å². The maximum Gasteiger partial charge on any atom is 0.333 e. The SMILES string of the molecule is NC(=O)C1C(=O)N(C(=O)Nc2ccccc2)c2cccc(C3CCCC3)c21. The molecule has 1 saturated carbocycles. The number of benzene rings is 2. The fourth-order valence-corrected chi connectivity index (χ4v) is 4.22. The summed E-state index contributed by atoms with van der Waals surface area (Å²) in [6.45, 7) is 0. The van der Waals surface area contributed by atoms with Gasteiger partial charge in [-0.25, -0.2) is 9.69 Å². The number of primary amides is 1. The maximum absolute atomic E-state index is 13.0. The molecule has 1 aliphatic heterocycles. The molecule has 0 spiro atoms. The Kier molecular flexibility index (Phi) is 4.39. The second-order valence-electron chi connectivity index (χ2n) is 7.07. The molecule has 1 heterocycles. The number of rotatable bonds is 3. The number of fused-ring (bicyclic) bond motifs is 1. The van der Waals surface area contributed by atoms with E-state index < -0.39 is 23.8 Å². The highest BCUT2D eigenvalue weighted by Crippen LogP contribution is 2.45. The van der Waals surface area contributed by atoms with E-state index in [-0.39, 0.29) is 0 Å². The fourth-order valence-electron chi connectivity index (χ4n) is 4.22. The maximum atomic E-state index is 13.0. The topological polar surface area (TPSA) is 92.5 Å². The molecule has 0 bridgehead atoms. The highest BCUT2D eigenvalue weighted by Gasteiger charge is 2.46. The van der Waals surface area contributed by atoms with Crippen molar-refractivity contribution in [3.05, 3.63) is 59.7 Å². The van der Waals surface area contributed by atoms with Gasteiger partial charge in [0.05, 0.1) is 5.69 Å². The predicted octanol–water partition coefficient (Wildman–Crippen LogP) is 3.49. The lowest BCUT2D eigenvalue weighted by Crippen LogP contribution is -2.40. The number of amides is 4. The van der Waals surface area contributed by atoms with Gasteiger partial charge in [-0.1, -0.05) is 43.2 Å². The average Bonchev–Trinajstić information content (AvgIpc) is 3.27. The van der Waals surface area contributed by atoms with Gasteiger partial charge in [0, 0.05) is 11.3 Å². The number of imide groups is 1. The van der Waals surface area contributed by atoms with Crippen molar-refractivity contribution in [3.8, 4) is 0 Å². The standard InChI is InChI=1S/C21H21N3O3/c22-19(25)18-17-15(13-7-4-5-8-13)11-6-12-16(17)24(20(18)26)21(27)23-14-9-2-1-3-10-14/h1-3,6,9-13,18H,4-5,7-8H2,(H2,22,25)(H,23,27). The summed E-state index contributed by atoms with van der Waals surface area (Å²) >= 11 is 0. The van der Waals surface area contributed by atoms with E-state index >= 15 is 0 Å². The van der Waals surface area contributed by atoms with Crippen molar-refractivity contribution in [2.45, 2.75) is 37.5 Å². The number of carbonyl (C=O) groups excluding carboxylic acids is 3. The van der Waals surface area contributed by atoms with Crippen molar-refractivity contribution in [3.63, 3.8) is 0 Å². The third-order valence-electron chi connectivity index (χ3n) is 5.42. The number of urea groups is 1. The molecular formula is C21H21N3O3. The van der Waals surface area contributed by atoms with Gasteiger partial charge in [0.25, 0.3) is 5.91 Å². The van der Waals surface area contributed by atoms with E-state index in [4.69, 9.17) is 5.73 Å². The van der Waals surface area contributed by atoms with Crippen molar-refractivity contribution in [1.29, 1.82) is 0 Å². The lowest BCUT2D eigenvalue weighted by atomic mass is 9.87. The van der Waals surface area contributed by atoms with Gasteiger partial charge in [0.1, 0.15) is 5.92 Å². The largest absolute Gasteiger partial charge is 0.369 e. The number of nitrogens with one attached hydrogen (secondary N) is 1. The summed E-state index contributed by atoms with van der Waals surface area (Å²) in [7, 11) is 0. The lowest BCUT2D eigenvalue weighted by molar-refractivity contribution is -0.127. The van der Waals surface area contributed by atoms with Crippen LogP contribution in [0.5, 0.6) is 0 Å². The van der Waals surface area contributed by atoms with Crippen molar-refractivity contribution in [2.75, 3.05) is 10.2 Å². The Bertz CT molecular complexity index is 904. The molecule has 2 aromatic carbocycles. The van der Waals surface area contributed by atoms with E-state index in [1.807, 2.05) is 18.2 Å².